The first-order valence-corrected chi connectivity index (χ1v) is 6.58. The van der Waals surface area contributed by atoms with Gasteiger partial charge in [-0.2, -0.15) is 0 Å². The number of hydrogen-bond acceptors (Lipinski definition) is 3. The second-order valence-corrected chi connectivity index (χ2v) is 4.73. The van der Waals surface area contributed by atoms with Crippen molar-refractivity contribution in [1.82, 2.24) is 5.32 Å². The second kappa shape index (κ2) is 6.50. The molecule has 4 N–H and O–H groups in total. The van der Waals surface area contributed by atoms with Crippen LogP contribution in [0.5, 0.6) is 0 Å². The number of rotatable bonds is 5. The standard InChI is InChI=1S/C16H19FN2O/c1-19-10-13-8-12(3-5-16(13)17)15-9-14(18)4-2-11(15)6-7-20/h2-5,8-9,19-20H,6-7,10,18H2,1H3. The van der Waals surface area contributed by atoms with Gasteiger partial charge >= 0.3 is 0 Å². The fourth-order valence-corrected chi connectivity index (χ4v) is 2.27. The molecule has 0 bridgehead atoms. The summed E-state index contributed by atoms with van der Waals surface area (Å²) in [4.78, 5) is 0. The highest BCUT2D eigenvalue weighted by Crippen LogP contribution is 2.28. The van der Waals surface area contributed by atoms with Crippen LogP contribution in [0, 0.1) is 5.82 Å². The molecule has 0 saturated heterocycles. The highest BCUT2D eigenvalue weighted by molar-refractivity contribution is 5.71. The zero-order valence-electron chi connectivity index (χ0n) is 11.5. The molecule has 0 radical (unpaired) electrons. The Balaban J connectivity index is 2.49. The van der Waals surface area contributed by atoms with E-state index in [1.807, 2.05) is 24.3 Å². The van der Waals surface area contributed by atoms with Gasteiger partial charge in [0.05, 0.1) is 0 Å². The first kappa shape index (κ1) is 14.5. The SMILES string of the molecule is CNCc1cc(-c2cc(N)ccc2CCO)ccc1F. The van der Waals surface area contributed by atoms with Gasteiger partial charge in [-0.25, -0.2) is 4.39 Å². The zero-order chi connectivity index (χ0) is 14.5. The van der Waals surface area contributed by atoms with E-state index in [4.69, 9.17) is 10.8 Å². The molecule has 0 fully saturated rings. The van der Waals surface area contributed by atoms with Crippen molar-refractivity contribution >= 4 is 5.69 Å². The molecule has 0 aromatic heterocycles. The third-order valence-corrected chi connectivity index (χ3v) is 3.24. The smallest absolute Gasteiger partial charge is 0.127 e. The Morgan fingerprint density at radius 2 is 1.95 bits per heavy atom. The largest absolute Gasteiger partial charge is 0.399 e. The Morgan fingerprint density at radius 3 is 2.65 bits per heavy atom. The van der Waals surface area contributed by atoms with E-state index in [0.717, 1.165) is 16.7 Å². The Labute approximate surface area is 118 Å². The van der Waals surface area contributed by atoms with Gasteiger partial charge in [-0.05, 0) is 54.4 Å². The molecule has 0 amide bonds. The monoisotopic (exact) mass is 274 g/mol. The lowest BCUT2D eigenvalue weighted by atomic mass is 9.95. The lowest BCUT2D eigenvalue weighted by Gasteiger charge is -2.12. The maximum Gasteiger partial charge on any atom is 0.127 e. The molecular formula is C16H19FN2O. The van der Waals surface area contributed by atoms with E-state index < -0.39 is 0 Å². The molecular weight excluding hydrogens is 255 g/mol. The van der Waals surface area contributed by atoms with Crippen molar-refractivity contribution in [2.45, 2.75) is 13.0 Å². The van der Waals surface area contributed by atoms with Crippen LogP contribution >= 0.6 is 0 Å². The molecule has 2 aromatic rings. The van der Waals surface area contributed by atoms with Gasteiger partial charge < -0.3 is 16.2 Å². The van der Waals surface area contributed by atoms with E-state index in [9.17, 15) is 4.39 Å². The predicted octanol–water partition coefficient (Wildman–Crippen LogP) is 2.33. The predicted molar refractivity (Wildman–Crippen MR) is 79.8 cm³/mol. The lowest BCUT2D eigenvalue weighted by Crippen LogP contribution is -2.07. The van der Waals surface area contributed by atoms with Gasteiger partial charge in [0.2, 0.25) is 0 Å². The van der Waals surface area contributed by atoms with E-state index in [2.05, 4.69) is 5.32 Å². The molecule has 0 unspecified atom stereocenters. The van der Waals surface area contributed by atoms with E-state index in [0.29, 0.717) is 24.2 Å². The van der Waals surface area contributed by atoms with Crippen LogP contribution in [0.1, 0.15) is 11.1 Å². The number of anilines is 1. The number of aliphatic hydroxyl groups is 1. The second-order valence-electron chi connectivity index (χ2n) is 4.73. The van der Waals surface area contributed by atoms with Crippen molar-refractivity contribution in [2.24, 2.45) is 0 Å². The van der Waals surface area contributed by atoms with E-state index >= 15 is 0 Å². The first-order valence-electron chi connectivity index (χ1n) is 6.58. The van der Waals surface area contributed by atoms with Gasteiger partial charge in [-0.3, -0.25) is 0 Å². The molecule has 0 aliphatic carbocycles. The Morgan fingerprint density at radius 1 is 1.15 bits per heavy atom. The highest BCUT2D eigenvalue weighted by Gasteiger charge is 2.09. The summed E-state index contributed by atoms with van der Waals surface area (Å²) >= 11 is 0. The van der Waals surface area contributed by atoms with Crippen molar-refractivity contribution in [3.05, 3.63) is 53.3 Å². The van der Waals surface area contributed by atoms with Crippen LogP contribution in [0.15, 0.2) is 36.4 Å². The van der Waals surface area contributed by atoms with Gasteiger partial charge in [0.15, 0.2) is 0 Å². The molecule has 2 aromatic carbocycles. The molecule has 0 aliphatic heterocycles. The molecule has 4 heteroatoms. The van der Waals surface area contributed by atoms with Crippen molar-refractivity contribution in [2.75, 3.05) is 19.4 Å². The molecule has 20 heavy (non-hydrogen) atoms. The number of halogens is 1. The van der Waals surface area contributed by atoms with Crippen LogP contribution < -0.4 is 11.1 Å². The Bertz CT molecular complexity index is 599. The van der Waals surface area contributed by atoms with Crippen molar-refractivity contribution in [3.63, 3.8) is 0 Å². The third kappa shape index (κ3) is 3.15. The zero-order valence-corrected chi connectivity index (χ0v) is 11.5. The van der Waals surface area contributed by atoms with E-state index in [1.165, 1.54) is 6.07 Å². The summed E-state index contributed by atoms with van der Waals surface area (Å²) in [6.07, 6.45) is 0.550. The number of nitrogens with two attached hydrogens (primary N) is 1. The van der Waals surface area contributed by atoms with Crippen LogP contribution in [0.4, 0.5) is 10.1 Å². The minimum Gasteiger partial charge on any atom is -0.399 e. The van der Waals surface area contributed by atoms with Gasteiger partial charge in [-0.1, -0.05) is 12.1 Å². The summed E-state index contributed by atoms with van der Waals surface area (Å²) in [6, 6.07) is 10.6. The quantitative estimate of drug-likeness (QED) is 0.733. The third-order valence-electron chi connectivity index (χ3n) is 3.24. The van der Waals surface area contributed by atoms with Gasteiger partial charge in [0, 0.05) is 24.4 Å². The fourth-order valence-electron chi connectivity index (χ4n) is 2.27. The van der Waals surface area contributed by atoms with E-state index in [1.54, 1.807) is 13.1 Å². The van der Waals surface area contributed by atoms with Crippen LogP contribution in [-0.4, -0.2) is 18.8 Å². The Kier molecular flexibility index (Phi) is 4.71. The molecule has 0 spiro atoms. The van der Waals surface area contributed by atoms with Crippen LogP contribution in [0.25, 0.3) is 11.1 Å². The highest BCUT2D eigenvalue weighted by atomic mass is 19.1. The maximum absolute atomic E-state index is 13.7. The number of aliphatic hydroxyl groups excluding tert-OH is 1. The molecule has 0 atom stereocenters. The van der Waals surface area contributed by atoms with Crippen LogP contribution in [-0.2, 0) is 13.0 Å². The van der Waals surface area contributed by atoms with E-state index in [-0.39, 0.29) is 12.4 Å². The fraction of sp³-hybridized carbons (Fsp3) is 0.250. The maximum atomic E-state index is 13.7. The summed E-state index contributed by atoms with van der Waals surface area (Å²) in [5.41, 5.74) is 9.96. The number of benzene rings is 2. The molecule has 0 saturated carbocycles. The molecule has 0 aliphatic rings. The molecule has 3 nitrogen and oxygen atoms in total. The number of hydrogen-bond donors (Lipinski definition) is 3. The topological polar surface area (TPSA) is 58.3 Å². The number of nitrogens with one attached hydrogen (secondary N) is 1. The van der Waals surface area contributed by atoms with Gasteiger partial charge in [0.1, 0.15) is 5.82 Å². The van der Waals surface area contributed by atoms with Crippen molar-refractivity contribution in [3.8, 4) is 11.1 Å². The normalized spacial score (nSPS) is 10.8. The van der Waals surface area contributed by atoms with Crippen molar-refractivity contribution < 1.29 is 9.50 Å². The summed E-state index contributed by atoms with van der Waals surface area (Å²) < 4.78 is 13.7. The first-order chi connectivity index (χ1) is 9.65. The minimum atomic E-state index is -0.226. The summed E-state index contributed by atoms with van der Waals surface area (Å²) in [5.74, 6) is -0.226. The number of nitrogen functional groups attached to an aromatic ring is 1. The average Bonchev–Trinajstić information content (AvgIpc) is 2.44. The molecule has 0 heterocycles. The Hall–Kier alpha value is -1.91. The average molecular weight is 274 g/mol. The minimum absolute atomic E-state index is 0.0709. The van der Waals surface area contributed by atoms with Crippen LogP contribution in [0.3, 0.4) is 0 Å². The summed E-state index contributed by atoms with van der Waals surface area (Å²) in [5, 5.41) is 12.1. The summed E-state index contributed by atoms with van der Waals surface area (Å²) in [7, 11) is 1.78. The summed E-state index contributed by atoms with van der Waals surface area (Å²) in [6.45, 7) is 0.540. The van der Waals surface area contributed by atoms with Crippen LogP contribution in [0.2, 0.25) is 0 Å². The molecule has 106 valence electrons. The van der Waals surface area contributed by atoms with Crippen molar-refractivity contribution in [1.29, 1.82) is 0 Å². The molecule has 2 rings (SSSR count). The van der Waals surface area contributed by atoms with Gasteiger partial charge in [0.25, 0.3) is 0 Å². The van der Waals surface area contributed by atoms with Gasteiger partial charge in [-0.15, -0.1) is 0 Å². The lowest BCUT2D eigenvalue weighted by molar-refractivity contribution is 0.300.